The third-order valence-corrected chi connectivity index (χ3v) is 4.70. The number of sulfonamides is 1. The van der Waals surface area contributed by atoms with Crippen molar-refractivity contribution in [2.45, 2.75) is 6.42 Å². The number of carbonyl (C=O) groups is 1. The molecule has 0 spiro atoms. The summed E-state index contributed by atoms with van der Waals surface area (Å²) in [5.41, 5.74) is 0.471. The van der Waals surface area contributed by atoms with Crippen molar-refractivity contribution in [3.8, 4) is 5.75 Å². The van der Waals surface area contributed by atoms with E-state index in [1.54, 1.807) is 24.3 Å². The Morgan fingerprint density at radius 3 is 2.31 bits per heavy atom. The molecular formula is C17H18F2N2O4S. The number of halogens is 2. The first-order valence-corrected chi connectivity index (χ1v) is 9.42. The van der Waals surface area contributed by atoms with E-state index < -0.39 is 27.6 Å². The third-order valence-electron chi connectivity index (χ3n) is 3.51. The molecular weight excluding hydrogens is 366 g/mol. The normalized spacial score (nSPS) is 11.1. The summed E-state index contributed by atoms with van der Waals surface area (Å²) in [5, 5.41) is 2.40. The number of ether oxygens (including phenoxy) is 1. The highest BCUT2D eigenvalue weighted by Gasteiger charge is 2.19. The Hall–Kier alpha value is -2.68. The Bertz CT molecular complexity index is 886. The van der Waals surface area contributed by atoms with E-state index >= 15 is 0 Å². The maximum atomic E-state index is 13.2. The van der Waals surface area contributed by atoms with Crippen LogP contribution in [0.3, 0.4) is 0 Å². The maximum absolute atomic E-state index is 13.2. The molecule has 0 aliphatic carbocycles. The molecule has 1 amide bonds. The van der Waals surface area contributed by atoms with Crippen molar-refractivity contribution in [1.29, 1.82) is 0 Å². The summed E-state index contributed by atoms with van der Waals surface area (Å²) < 4.78 is 56.2. The summed E-state index contributed by atoms with van der Waals surface area (Å²) in [6.45, 7) is -0.110. The van der Waals surface area contributed by atoms with E-state index in [1.807, 2.05) is 0 Å². The monoisotopic (exact) mass is 384 g/mol. The molecule has 2 aromatic rings. The van der Waals surface area contributed by atoms with Gasteiger partial charge >= 0.3 is 0 Å². The van der Waals surface area contributed by atoms with Crippen molar-refractivity contribution in [2.24, 2.45) is 0 Å². The van der Waals surface area contributed by atoms with E-state index in [2.05, 4.69) is 5.32 Å². The minimum atomic E-state index is -3.62. The first-order valence-electron chi connectivity index (χ1n) is 7.57. The van der Waals surface area contributed by atoms with Crippen molar-refractivity contribution in [3.63, 3.8) is 0 Å². The van der Waals surface area contributed by atoms with Crippen molar-refractivity contribution in [3.05, 3.63) is 54.1 Å². The van der Waals surface area contributed by atoms with Crippen LogP contribution < -0.4 is 14.4 Å². The molecule has 0 aliphatic heterocycles. The van der Waals surface area contributed by atoms with Crippen LogP contribution in [0, 0.1) is 11.6 Å². The summed E-state index contributed by atoms with van der Waals surface area (Å²) in [5.74, 6) is -2.07. The zero-order chi connectivity index (χ0) is 19.3. The number of rotatable bonds is 7. The van der Waals surface area contributed by atoms with E-state index in [1.165, 1.54) is 13.2 Å². The fourth-order valence-corrected chi connectivity index (χ4v) is 3.16. The molecule has 0 fully saturated rings. The van der Waals surface area contributed by atoms with Crippen molar-refractivity contribution >= 4 is 27.3 Å². The Balaban J connectivity index is 2.06. The molecule has 0 heterocycles. The summed E-state index contributed by atoms with van der Waals surface area (Å²) >= 11 is 0. The predicted octanol–water partition coefficient (Wildman–Crippen LogP) is 2.77. The van der Waals surface area contributed by atoms with Crippen LogP contribution in [-0.2, 0) is 14.8 Å². The van der Waals surface area contributed by atoms with Gasteiger partial charge in [0.2, 0.25) is 15.9 Å². The van der Waals surface area contributed by atoms with Gasteiger partial charge in [-0.25, -0.2) is 17.2 Å². The Labute approximate surface area is 150 Å². The summed E-state index contributed by atoms with van der Waals surface area (Å²) in [4.78, 5) is 12.0. The molecule has 0 radical (unpaired) electrons. The average Bonchev–Trinajstić information content (AvgIpc) is 2.58. The quantitative estimate of drug-likeness (QED) is 0.797. The van der Waals surface area contributed by atoms with Crippen molar-refractivity contribution in [2.75, 3.05) is 29.5 Å². The lowest BCUT2D eigenvalue weighted by molar-refractivity contribution is -0.116. The number of amides is 1. The summed E-state index contributed by atoms with van der Waals surface area (Å²) in [7, 11) is -2.12. The lowest BCUT2D eigenvalue weighted by Gasteiger charge is -2.22. The average molecular weight is 384 g/mol. The van der Waals surface area contributed by atoms with Crippen LogP contribution in [0.4, 0.5) is 20.2 Å². The first-order chi connectivity index (χ1) is 12.2. The second-order valence-corrected chi connectivity index (χ2v) is 7.37. The zero-order valence-corrected chi connectivity index (χ0v) is 15.0. The van der Waals surface area contributed by atoms with Gasteiger partial charge in [0.25, 0.3) is 0 Å². The smallest absolute Gasteiger partial charge is 0.232 e. The van der Waals surface area contributed by atoms with E-state index in [9.17, 15) is 22.0 Å². The fraction of sp³-hybridized carbons (Fsp3) is 0.235. The lowest BCUT2D eigenvalue weighted by atomic mass is 10.2. The van der Waals surface area contributed by atoms with Gasteiger partial charge in [-0.15, -0.1) is 0 Å². The summed E-state index contributed by atoms with van der Waals surface area (Å²) in [6.07, 6.45) is 0.864. The van der Waals surface area contributed by atoms with Crippen LogP contribution in [0.1, 0.15) is 6.42 Å². The lowest BCUT2D eigenvalue weighted by Crippen LogP contribution is -2.33. The minimum absolute atomic E-state index is 0.0873. The van der Waals surface area contributed by atoms with Gasteiger partial charge in [-0.1, -0.05) is 0 Å². The molecule has 9 heteroatoms. The van der Waals surface area contributed by atoms with Crippen LogP contribution in [0.15, 0.2) is 42.5 Å². The number of anilines is 2. The SMILES string of the molecule is COc1ccc(N(CCC(=O)Nc2ccc(F)c(F)c2)S(C)(=O)=O)cc1. The molecule has 0 aliphatic rings. The molecule has 0 saturated heterocycles. The van der Waals surface area contributed by atoms with Gasteiger partial charge in [-0.05, 0) is 36.4 Å². The molecule has 140 valence electrons. The number of hydrogen-bond donors (Lipinski definition) is 1. The van der Waals surface area contributed by atoms with Gasteiger partial charge in [0.15, 0.2) is 11.6 Å². The Morgan fingerprint density at radius 1 is 1.12 bits per heavy atom. The molecule has 0 bridgehead atoms. The van der Waals surface area contributed by atoms with Crippen LogP contribution >= 0.6 is 0 Å². The second-order valence-electron chi connectivity index (χ2n) is 5.46. The number of carbonyl (C=O) groups excluding carboxylic acids is 1. The minimum Gasteiger partial charge on any atom is -0.497 e. The standard InChI is InChI=1S/C17H18F2N2O4S/c1-25-14-6-4-13(5-7-14)21(26(2,23)24)10-9-17(22)20-12-3-8-15(18)16(19)11-12/h3-8,11H,9-10H2,1-2H3,(H,20,22). The maximum Gasteiger partial charge on any atom is 0.232 e. The molecule has 1 N–H and O–H groups in total. The van der Waals surface area contributed by atoms with Gasteiger partial charge < -0.3 is 10.1 Å². The number of nitrogens with zero attached hydrogens (tertiary/aromatic N) is 1. The van der Waals surface area contributed by atoms with E-state index in [-0.39, 0.29) is 18.7 Å². The molecule has 2 rings (SSSR count). The zero-order valence-electron chi connectivity index (χ0n) is 14.2. The topological polar surface area (TPSA) is 75.7 Å². The highest BCUT2D eigenvalue weighted by molar-refractivity contribution is 7.92. The predicted molar refractivity (Wildman–Crippen MR) is 94.8 cm³/mol. The molecule has 6 nitrogen and oxygen atoms in total. The highest BCUT2D eigenvalue weighted by atomic mass is 32.2. The Kier molecular flexibility index (Phi) is 6.14. The molecule has 0 atom stereocenters. The molecule has 0 saturated carbocycles. The number of methoxy groups -OCH3 is 1. The van der Waals surface area contributed by atoms with E-state index in [0.717, 1.165) is 22.7 Å². The van der Waals surface area contributed by atoms with Gasteiger partial charge in [0.1, 0.15) is 5.75 Å². The van der Waals surface area contributed by atoms with E-state index in [0.29, 0.717) is 11.4 Å². The molecule has 2 aromatic carbocycles. The number of benzene rings is 2. The fourth-order valence-electron chi connectivity index (χ4n) is 2.24. The summed E-state index contributed by atoms with van der Waals surface area (Å²) in [6, 6.07) is 9.30. The van der Waals surface area contributed by atoms with Gasteiger partial charge in [0.05, 0.1) is 19.1 Å². The van der Waals surface area contributed by atoms with Crippen LogP contribution in [0.2, 0.25) is 0 Å². The largest absolute Gasteiger partial charge is 0.497 e. The first kappa shape index (κ1) is 19.6. The van der Waals surface area contributed by atoms with Crippen LogP contribution in [-0.4, -0.2) is 34.2 Å². The Morgan fingerprint density at radius 2 is 1.77 bits per heavy atom. The second kappa shape index (κ2) is 8.13. The van der Waals surface area contributed by atoms with Gasteiger partial charge in [-0.2, -0.15) is 0 Å². The number of hydrogen-bond acceptors (Lipinski definition) is 4. The van der Waals surface area contributed by atoms with Gasteiger partial charge in [-0.3, -0.25) is 9.10 Å². The van der Waals surface area contributed by atoms with Crippen molar-refractivity contribution in [1.82, 2.24) is 0 Å². The van der Waals surface area contributed by atoms with Gasteiger partial charge in [0, 0.05) is 24.7 Å². The third kappa shape index (κ3) is 5.16. The number of nitrogens with one attached hydrogen (secondary N) is 1. The van der Waals surface area contributed by atoms with E-state index in [4.69, 9.17) is 4.74 Å². The van der Waals surface area contributed by atoms with Crippen LogP contribution in [0.5, 0.6) is 5.75 Å². The molecule has 26 heavy (non-hydrogen) atoms. The van der Waals surface area contributed by atoms with Crippen LogP contribution in [0.25, 0.3) is 0 Å². The molecule has 0 unspecified atom stereocenters. The highest BCUT2D eigenvalue weighted by Crippen LogP contribution is 2.22. The molecule has 0 aromatic heterocycles. The van der Waals surface area contributed by atoms with Crippen molar-refractivity contribution < 1.29 is 26.7 Å².